The zero-order chi connectivity index (χ0) is 12.3. The molecule has 2 heterocycles. The van der Waals surface area contributed by atoms with Gasteiger partial charge in [-0.1, -0.05) is 0 Å². The topological polar surface area (TPSA) is 84.3 Å². The van der Waals surface area contributed by atoms with Crippen LogP contribution in [0.25, 0.3) is 0 Å². The maximum absolute atomic E-state index is 10.6. The summed E-state index contributed by atoms with van der Waals surface area (Å²) in [4.78, 5) is 18.3. The largest absolute Gasteiger partial charge is 0.476 e. The van der Waals surface area contributed by atoms with Gasteiger partial charge >= 0.3 is 5.97 Å². The first-order chi connectivity index (χ1) is 8.15. The van der Waals surface area contributed by atoms with Crippen LogP contribution in [0.3, 0.4) is 0 Å². The van der Waals surface area contributed by atoms with Gasteiger partial charge in [-0.25, -0.2) is 14.8 Å². The van der Waals surface area contributed by atoms with Crippen LogP contribution in [0.5, 0.6) is 0 Å². The maximum atomic E-state index is 10.6. The van der Waals surface area contributed by atoms with Gasteiger partial charge in [0.15, 0.2) is 5.69 Å². The van der Waals surface area contributed by atoms with Gasteiger partial charge in [0.2, 0.25) is 0 Å². The average Bonchev–Trinajstić information content (AvgIpc) is 2.73. The number of hydrogen-bond acceptors (Lipinski definition) is 5. The van der Waals surface area contributed by atoms with Crippen molar-refractivity contribution in [3.05, 3.63) is 18.1 Å². The van der Waals surface area contributed by atoms with E-state index >= 15 is 0 Å². The highest BCUT2D eigenvalue weighted by Crippen LogP contribution is 2.19. The van der Waals surface area contributed by atoms with Gasteiger partial charge in [0, 0.05) is 6.54 Å². The van der Waals surface area contributed by atoms with Crippen molar-refractivity contribution in [2.24, 2.45) is 0 Å². The molecule has 2 rings (SSSR count). The van der Waals surface area contributed by atoms with Gasteiger partial charge in [-0.05, 0) is 19.8 Å². The number of aromatic nitrogens is 2. The Morgan fingerprint density at radius 3 is 2.88 bits per heavy atom. The Bertz CT molecular complexity index is 393. The lowest BCUT2D eigenvalue weighted by molar-refractivity contribution is 0.0635. The Balaban J connectivity index is 1.85. The Hall–Kier alpha value is -1.69. The number of carboxylic acid groups (broad SMARTS) is 1. The number of carbonyl (C=O) groups is 1. The summed E-state index contributed by atoms with van der Waals surface area (Å²) in [5.74, 6) is -0.504. The van der Waals surface area contributed by atoms with E-state index in [4.69, 9.17) is 9.84 Å². The number of aromatic carboxylic acids is 1. The Morgan fingerprint density at radius 1 is 1.53 bits per heavy atom. The van der Waals surface area contributed by atoms with E-state index in [0.717, 1.165) is 12.8 Å². The van der Waals surface area contributed by atoms with E-state index < -0.39 is 5.97 Å². The molecule has 0 saturated carbocycles. The van der Waals surface area contributed by atoms with Gasteiger partial charge in [0.1, 0.15) is 5.82 Å². The van der Waals surface area contributed by atoms with Crippen molar-refractivity contribution < 1.29 is 14.6 Å². The van der Waals surface area contributed by atoms with Crippen molar-refractivity contribution in [3.8, 4) is 0 Å². The molecular weight excluding hydrogens is 222 g/mol. The number of nitrogens with zero attached hydrogens (tertiary/aromatic N) is 2. The third-order valence-corrected chi connectivity index (χ3v) is 2.70. The smallest absolute Gasteiger partial charge is 0.356 e. The van der Waals surface area contributed by atoms with Crippen molar-refractivity contribution >= 4 is 11.8 Å². The van der Waals surface area contributed by atoms with Crippen LogP contribution in [-0.4, -0.2) is 39.8 Å². The molecule has 1 aliphatic heterocycles. The molecule has 92 valence electrons. The van der Waals surface area contributed by atoms with Gasteiger partial charge in [-0.3, -0.25) is 0 Å². The second-order valence-electron chi connectivity index (χ2n) is 4.12. The van der Waals surface area contributed by atoms with Gasteiger partial charge in [0.05, 0.1) is 24.6 Å². The quantitative estimate of drug-likeness (QED) is 0.817. The lowest BCUT2D eigenvalue weighted by Gasteiger charge is -2.12. The number of ether oxygens (including phenoxy) is 1. The predicted molar refractivity (Wildman–Crippen MR) is 61.1 cm³/mol. The standard InChI is InChI=1S/C11H15N3O3/c1-7-2-3-8(17-7)4-13-10-6-12-9(5-14-10)11(15)16/h5-8H,2-4H2,1H3,(H,13,14)(H,15,16). The molecule has 1 aliphatic rings. The number of nitrogens with one attached hydrogen (secondary N) is 1. The summed E-state index contributed by atoms with van der Waals surface area (Å²) in [6.07, 6.45) is 5.29. The van der Waals surface area contributed by atoms with Gasteiger partial charge in [-0.2, -0.15) is 0 Å². The molecule has 1 saturated heterocycles. The highest BCUT2D eigenvalue weighted by atomic mass is 16.5. The van der Waals surface area contributed by atoms with Crippen LogP contribution < -0.4 is 5.32 Å². The SMILES string of the molecule is CC1CCC(CNc2cnc(C(=O)O)cn2)O1. The maximum Gasteiger partial charge on any atom is 0.356 e. The zero-order valence-electron chi connectivity index (χ0n) is 9.59. The second kappa shape index (κ2) is 5.09. The minimum atomic E-state index is -1.07. The van der Waals surface area contributed by atoms with E-state index in [1.807, 2.05) is 0 Å². The van der Waals surface area contributed by atoms with Crippen LogP contribution >= 0.6 is 0 Å². The molecule has 1 aromatic rings. The summed E-state index contributed by atoms with van der Waals surface area (Å²) in [5.41, 5.74) is -0.0544. The summed E-state index contributed by atoms with van der Waals surface area (Å²) in [6.45, 7) is 2.73. The van der Waals surface area contributed by atoms with E-state index in [1.54, 1.807) is 0 Å². The molecular formula is C11H15N3O3. The lowest BCUT2D eigenvalue weighted by Crippen LogP contribution is -2.20. The second-order valence-corrected chi connectivity index (χ2v) is 4.12. The predicted octanol–water partition coefficient (Wildman–Crippen LogP) is 1.15. The Labute approximate surface area is 99.0 Å². The minimum Gasteiger partial charge on any atom is -0.476 e. The molecule has 0 radical (unpaired) electrons. The molecule has 0 bridgehead atoms. The lowest BCUT2D eigenvalue weighted by atomic mass is 10.2. The van der Waals surface area contributed by atoms with E-state index in [1.165, 1.54) is 12.4 Å². The number of rotatable bonds is 4. The summed E-state index contributed by atoms with van der Waals surface area (Å²) in [5, 5.41) is 11.7. The number of hydrogen-bond donors (Lipinski definition) is 2. The average molecular weight is 237 g/mol. The van der Waals surface area contributed by atoms with E-state index in [9.17, 15) is 4.79 Å². The highest BCUT2D eigenvalue weighted by Gasteiger charge is 2.21. The molecule has 1 aromatic heterocycles. The van der Waals surface area contributed by atoms with Crippen LogP contribution in [0.1, 0.15) is 30.3 Å². The molecule has 1 fully saturated rings. The molecule has 2 N–H and O–H groups in total. The van der Waals surface area contributed by atoms with Crippen molar-refractivity contribution in [2.45, 2.75) is 32.0 Å². The third kappa shape index (κ3) is 3.13. The Kier molecular flexibility index (Phi) is 3.53. The first-order valence-corrected chi connectivity index (χ1v) is 5.60. The third-order valence-electron chi connectivity index (χ3n) is 2.70. The van der Waals surface area contributed by atoms with Crippen LogP contribution in [0.4, 0.5) is 5.82 Å². The number of anilines is 1. The van der Waals surface area contributed by atoms with Crippen molar-refractivity contribution in [1.82, 2.24) is 9.97 Å². The minimum absolute atomic E-state index is 0.0544. The van der Waals surface area contributed by atoms with Crippen molar-refractivity contribution in [3.63, 3.8) is 0 Å². The Morgan fingerprint density at radius 2 is 2.35 bits per heavy atom. The van der Waals surface area contributed by atoms with Crippen LogP contribution in [0.15, 0.2) is 12.4 Å². The van der Waals surface area contributed by atoms with E-state index in [2.05, 4.69) is 22.2 Å². The van der Waals surface area contributed by atoms with Gasteiger partial charge < -0.3 is 15.2 Å². The molecule has 6 heteroatoms. The van der Waals surface area contributed by atoms with E-state index in [-0.39, 0.29) is 11.8 Å². The monoisotopic (exact) mass is 237 g/mol. The molecule has 0 amide bonds. The zero-order valence-corrected chi connectivity index (χ0v) is 9.59. The summed E-state index contributed by atoms with van der Waals surface area (Å²) in [6, 6.07) is 0. The molecule has 2 atom stereocenters. The fourth-order valence-corrected chi connectivity index (χ4v) is 1.78. The van der Waals surface area contributed by atoms with Gasteiger partial charge in [-0.15, -0.1) is 0 Å². The van der Waals surface area contributed by atoms with Crippen molar-refractivity contribution in [1.29, 1.82) is 0 Å². The fourth-order valence-electron chi connectivity index (χ4n) is 1.78. The number of carboxylic acids is 1. The van der Waals surface area contributed by atoms with Crippen molar-refractivity contribution in [2.75, 3.05) is 11.9 Å². The summed E-state index contributed by atoms with van der Waals surface area (Å²) >= 11 is 0. The van der Waals surface area contributed by atoms with Crippen LogP contribution in [0.2, 0.25) is 0 Å². The first-order valence-electron chi connectivity index (χ1n) is 5.60. The molecule has 0 spiro atoms. The first kappa shape index (κ1) is 11.8. The molecule has 0 aromatic carbocycles. The van der Waals surface area contributed by atoms with Crippen LogP contribution in [0, 0.1) is 0 Å². The highest BCUT2D eigenvalue weighted by molar-refractivity contribution is 5.84. The normalized spacial score (nSPS) is 23.6. The molecule has 17 heavy (non-hydrogen) atoms. The van der Waals surface area contributed by atoms with E-state index in [0.29, 0.717) is 18.5 Å². The fraction of sp³-hybridized carbons (Fsp3) is 0.545. The van der Waals surface area contributed by atoms with Gasteiger partial charge in [0.25, 0.3) is 0 Å². The molecule has 6 nitrogen and oxygen atoms in total. The molecule has 0 aliphatic carbocycles. The summed E-state index contributed by atoms with van der Waals surface area (Å²) < 4.78 is 5.64. The van der Waals surface area contributed by atoms with Crippen LogP contribution in [-0.2, 0) is 4.74 Å². The summed E-state index contributed by atoms with van der Waals surface area (Å²) in [7, 11) is 0. The molecule has 2 unspecified atom stereocenters.